The van der Waals surface area contributed by atoms with E-state index in [9.17, 15) is 4.79 Å². The average Bonchev–Trinajstić information content (AvgIpc) is 2.80. The highest BCUT2D eigenvalue weighted by molar-refractivity contribution is 6.36. The van der Waals surface area contributed by atoms with E-state index in [1.54, 1.807) is 6.07 Å². The van der Waals surface area contributed by atoms with Gasteiger partial charge in [-0.25, -0.2) is 4.98 Å². The standard InChI is InChI=1S/C12H16Cl2N4O/c13-9-3-10(14)12(16-5-9)17-11(19)7-18-2-1-8(4-15)6-18/h3,5,8H,1-2,4,6-7,15H2,(H,16,17,19). The van der Waals surface area contributed by atoms with Crippen molar-refractivity contribution in [2.45, 2.75) is 6.42 Å². The number of amides is 1. The summed E-state index contributed by atoms with van der Waals surface area (Å²) in [7, 11) is 0. The van der Waals surface area contributed by atoms with Crippen LogP contribution < -0.4 is 11.1 Å². The van der Waals surface area contributed by atoms with Gasteiger partial charge in [-0.3, -0.25) is 9.69 Å². The second kappa shape index (κ2) is 6.52. The number of nitrogens with one attached hydrogen (secondary N) is 1. The lowest BCUT2D eigenvalue weighted by atomic mass is 10.1. The lowest BCUT2D eigenvalue weighted by Crippen LogP contribution is -2.32. The van der Waals surface area contributed by atoms with Gasteiger partial charge in [0.05, 0.1) is 16.6 Å². The van der Waals surface area contributed by atoms with Crippen molar-refractivity contribution in [2.24, 2.45) is 11.7 Å². The van der Waals surface area contributed by atoms with Gasteiger partial charge in [-0.1, -0.05) is 23.2 Å². The molecular formula is C12H16Cl2N4O. The monoisotopic (exact) mass is 302 g/mol. The van der Waals surface area contributed by atoms with E-state index in [-0.39, 0.29) is 5.91 Å². The summed E-state index contributed by atoms with van der Waals surface area (Å²) in [5.74, 6) is 0.699. The van der Waals surface area contributed by atoms with Crippen LogP contribution in [0.2, 0.25) is 10.0 Å². The summed E-state index contributed by atoms with van der Waals surface area (Å²) in [6.07, 6.45) is 2.49. The SMILES string of the molecule is NCC1CCN(CC(=O)Nc2ncc(Cl)cc2Cl)C1. The van der Waals surface area contributed by atoms with Crippen molar-refractivity contribution in [3.8, 4) is 0 Å². The zero-order valence-electron chi connectivity index (χ0n) is 10.4. The number of nitrogens with two attached hydrogens (primary N) is 1. The molecule has 1 saturated heterocycles. The molecule has 19 heavy (non-hydrogen) atoms. The predicted molar refractivity (Wildman–Crippen MR) is 76.5 cm³/mol. The quantitative estimate of drug-likeness (QED) is 0.886. The van der Waals surface area contributed by atoms with E-state index < -0.39 is 0 Å². The molecule has 0 aromatic carbocycles. The number of carbonyl (C=O) groups excluding carboxylic acids is 1. The van der Waals surface area contributed by atoms with Crippen LogP contribution in [0, 0.1) is 5.92 Å². The Bertz CT molecular complexity index is 469. The van der Waals surface area contributed by atoms with Crippen molar-refractivity contribution in [1.29, 1.82) is 0 Å². The molecular weight excluding hydrogens is 287 g/mol. The molecule has 0 spiro atoms. The molecule has 1 atom stereocenters. The van der Waals surface area contributed by atoms with E-state index in [1.165, 1.54) is 6.20 Å². The van der Waals surface area contributed by atoms with Gasteiger partial charge in [-0.2, -0.15) is 0 Å². The van der Waals surface area contributed by atoms with Crippen LogP contribution in [0.15, 0.2) is 12.3 Å². The zero-order chi connectivity index (χ0) is 13.8. The minimum Gasteiger partial charge on any atom is -0.330 e. The molecule has 7 heteroatoms. The molecule has 1 aromatic heterocycles. The van der Waals surface area contributed by atoms with Crippen LogP contribution >= 0.6 is 23.2 Å². The number of aromatic nitrogens is 1. The van der Waals surface area contributed by atoms with Crippen molar-refractivity contribution in [2.75, 3.05) is 31.5 Å². The van der Waals surface area contributed by atoms with Crippen LogP contribution in [0.1, 0.15) is 6.42 Å². The first kappa shape index (κ1) is 14.5. The third-order valence-corrected chi connectivity index (χ3v) is 3.63. The molecule has 2 rings (SSSR count). The molecule has 1 amide bonds. The molecule has 0 aliphatic carbocycles. The molecule has 1 unspecified atom stereocenters. The first-order chi connectivity index (χ1) is 9.08. The van der Waals surface area contributed by atoms with Gasteiger partial charge in [-0.05, 0) is 31.5 Å². The maximum atomic E-state index is 11.9. The fraction of sp³-hybridized carbons (Fsp3) is 0.500. The van der Waals surface area contributed by atoms with E-state index in [0.717, 1.165) is 19.5 Å². The van der Waals surface area contributed by atoms with Crippen molar-refractivity contribution in [3.05, 3.63) is 22.3 Å². The van der Waals surface area contributed by atoms with Gasteiger partial charge in [0.1, 0.15) is 0 Å². The maximum absolute atomic E-state index is 11.9. The fourth-order valence-corrected chi connectivity index (χ4v) is 2.56. The maximum Gasteiger partial charge on any atom is 0.239 e. The summed E-state index contributed by atoms with van der Waals surface area (Å²) in [5, 5.41) is 3.46. The number of anilines is 1. The second-order valence-electron chi connectivity index (χ2n) is 4.66. The molecule has 104 valence electrons. The molecule has 1 aliphatic heterocycles. The Morgan fingerprint density at radius 2 is 2.37 bits per heavy atom. The molecule has 3 N–H and O–H groups in total. The summed E-state index contributed by atoms with van der Waals surface area (Å²) in [5.41, 5.74) is 5.62. The van der Waals surface area contributed by atoms with E-state index >= 15 is 0 Å². The number of hydrogen-bond acceptors (Lipinski definition) is 4. The fourth-order valence-electron chi connectivity index (χ4n) is 2.13. The predicted octanol–water partition coefficient (Wildman–Crippen LogP) is 1.61. The van der Waals surface area contributed by atoms with Gasteiger partial charge >= 0.3 is 0 Å². The van der Waals surface area contributed by atoms with Crippen LogP contribution in [0.5, 0.6) is 0 Å². The second-order valence-corrected chi connectivity index (χ2v) is 5.50. The van der Waals surface area contributed by atoms with Gasteiger partial charge in [0.2, 0.25) is 5.91 Å². The molecule has 1 aromatic rings. The molecule has 0 bridgehead atoms. The van der Waals surface area contributed by atoms with Crippen molar-refractivity contribution in [3.63, 3.8) is 0 Å². The summed E-state index contributed by atoms with van der Waals surface area (Å²) in [6, 6.07) is 1.55. The highest BCUT2D eigenvalue weighted by atomic mass is 35.5. The summed E-state index contributed by atoms with van der Waals surface area (Å²) in [6.45, 7) is 2.77. The molecule has 0 radical (unpaired) electrons. The Hall–Kier alpha value is -0.880. The normalized spacial score (nSPS) is 19.6. The first-order valence-corrected chi connectivity index (χ1v) is 6.87. The largest absolute Gasteiger partial charge is 0.330 e. The Morgan fingerprint density at radius 1 is 1.58 bits per heavy atom. The number of rotatable bonds is 4. The van der Waals surface area contributed by atoms with Crippen LogP contribution in [-0.2, 0) is 4.79 Å². The summed E-state index contributed by atoms with van der Waals surface area (Å²) >= 11 is 11.7. The molecule has 1 aliphatic rings. The number of nitrogens with zero attached hydrogens (tertiary/aromatic N) is 2. The number of likely N-dealkylation sites (tertiary alicyclic amines) is 1. The van der Waals surface area contributed by atoms with Crippen molar-refractivity contribution in [1.82, 2.24) is 9.88 Å². The molecule has 2 heterocycles. The Morgan fingerprint density at radius 3 is 3.00 bits per heavy atom. The average molecular weight is 303 g/mol. The minimum atomic E-state index is -0.130. The van der Waals surface area contributed by atoms with Gasteiger partial charge in [0.15, 0.2) is 5.82 Å². The highest BCUT2D eigenvalue weighted by Gasteiger charge is 2.23. The van der Waals surface area contributed by atoms with Gasteiger partial charge in [0.25, 0.3) is 0 Å². The van der Waals surface area contributed by atoms with Gasteiger partial charge in [-0.15, -0.1) is 0 Å². The number of hydrogen-bond donors (Lipinski definition) is 2. The van der Waals surface area contributed by atoms with Gasteiger partial charge < -0.3 is 11.1 Å². The lowest BCUT2D eigenvalue weighted by Gasteiger charge is -2.15. The van der Waals surface area contributed by atoms with Crippen LogP contribution in [-0.4, -0.2) is 42.0 Å². The zero-order valence-corrected chi connectivity index (χ0v) is 11.9. The van der Waals surface area contributed by atoms with Gasteiger partial charge in [0, 0.05) is 12.7 Å². The highest BCUT2D eigenvalue weighted by Crippen LogP contribution is 2.22. The number of carbonyl (C=O) groups is 1. The third-order valence-electron chi connectivity index (χ3n) is 3.14. The van der Waals surface area contributed by atoms with Crippen molar-refractivity contribution < 1.29 is 4.79 Å². The van der Waals surface area contributed by atoms with E-state index in [2.05, 4.69) is 15.2 Å². The lowest BCUT2D eigenvalue weighted by molar-refractivity contribution is -0.117. The van der Waals surface area contributed by atoms with E-state index in [4.69, 9.17) is 28.9 Å². The Labute approximate surface area is 122 Å². The smallest absolute Gasteiger partial charge is 0.239 e. The third kappa shape index (κ3) is 4.04. The minimum absolute atomic E-state index is 0.130. The van der Waals surface area contributed by atoms with E-state index in [0.29, 0.717) is 34.9 Å². The van der Waals surface area contributed by atoms with Crippen LogP contribution in [0.4, 0.5) is 5.82 Å². The molecule has 1 fully saturated rings. The van der Waals surface area contributed by atoms with E-state index in [1.807, 2.05) is 0 Å². The molecule has 5 nitrogen and oxygen atoms in total. The Kier molecular flexibility index (Phi) is 4.99. The summed E-state index contributed by atoms with van der Waals surface area (Å²) in [4.78, 5) is 18.0. The Balaban J connectivity index is 1.87. The summed E-state index contributed by atoms with van der Waals surface area (Å²) < 4.78 is 0. The first-order valence-electron chi connectivity index (χ1n) is 6.12. The van der Waals surface area contributed by atoms with Crippen molar-refractivity contribution >= 4 is 34.9 Å². The van der Waals surface area contributed by atoms with Crippen LogP contribution in [0.3, 0.4) is 0 Å². The topological polar surface area (TPSA) is 71.2 Å². The number of halogens is 2. The molecule has 0 saturated carbocycles. The van der Waals surface area contributed by atoms with Crippen LogP contribution in [0.25, 0.3) is 0 Å². The number of pyridine rings is 1.